The molecular formula is C17H17BrN2O4. The third-order valence-corrected chi connectivity index (χ3v) is 3.66. The predicted octanol–water partition coefficient (Wildman–Crippen LogP) is 2.83. The minimum absolute atomic E-state index is 0.139. The number of hydrogen-bond acceptors (Lipinski definition) is 4. The first-order chi connectivity index (χ1) is 11.5. The Kier molecular flexibility index (Phi) is 6.20. The van der Waals surface area contributed by atoms with E-state index in [0.717, 1.165) is 4.47 Å². The normalized spacial score (nSPS) is 9.96. The SMILES string of the molecule is COc1ccc(NC(=O)CNC(=O)c2cccc(Br)c2)cc1OC. The summed E-state index contributed by atoms with van der Waals surface area (Å²) in [5.41, 5.74) is 1.03. The maximum atomic E-state index is 12.0. The van der Waals surface area contributed by atoms with Gasteiger partial charge in [-0.25, -0.2) is 0 Å². The molecule has 7 heteroatoms. The van der Waals surface area contributed by atoms with E-state index in [1.807, 2.05) is 6.07 Å². The van der Waals surface area contributed by atoms with Crippen LogP contribution in [0, 0.1) is 0 Å². The Labute approximate surface area is 148 Å². The first-order valence-electron chi connectivity index (χ1n) is 7.09. The fourth-order valence-electron chi connectivity index (χ4n) is 2.01. The van der Waals surface area contributed by atoms with Gasteiger partial charge in [-0.05, 0) is 30.3 Å². The van der Waals surface area contributed by atoms with E-state index >= 15 is 0 Å². The number of benzene rings is 2. The van der Waals surface area contributed by atoms with Crippen LogP contribution in [-0.4, -0.2) is 32.6 Å². The van der Waals surface area contributed by atoms with Crippen LogP contribution in [0.3, 0.4) is 0 Å². The van der Waals surface area contributed by atoms with E-state index in [0.29, 0.717) is 22.7 Å². The summed E-state index contributed by atoms with van der Waals surface area (Å²) in [5, 5.41) is 5.26. The summed E-state index contributed by atoms with van der Waals surface area (Å²) in [4.78, 5) is 24.0. The number of hydrogen-bond donors (Lipinski definition) is 2. The lowest BCUT2D eigenvalue weighted by molar-refractivity contribution is -0.115. The summed E-state index contributed by atoms with van der Waals surface area (Å²) < 4.78 is 11.1. The maximum Gasteiger partial charge on any atom is 0.251 e. The van der Waals surface area contributed by atoms with Gasteiger partial charge < -0.3 is 20.1 Å². The average molecular weight is 393 g/mol. The molecule has 0 saturated carbocycles. The molecule has 2 N–H and O–H groups in total. The second kappa shape index (κ2) is 8.35. The molecule has 2 aromatic carbocycles. The second-order valence-electron chi connectivity index (χ2n) is 4.81. The minimum Gasteiger partial charge on any atom is -0.493 e. The molecule has 2 aromatic rings. The lowest BCUT2D eigenvalue weighted by atomic mass is 10.2. The van der Waals surface area contributed by atoms with E-state index < -0.39 is 0 Å². The van der Waals surface area contributed by atoms with E-state index in [2.05, 4.69) is 26.6 Å². The van der Waals surface area contributed by atoms with Gasteiger partial charge >= 0.3 is 0 Å². The lowest BCUT2D eigenvalue weighted by Crippen LogP contribution is -2.32. The number of anilines is 1. The second-order valence-corrected chi connectivity index (χ2v) is 5.73. The third-order valence-electron chi connectivity index (χ3n) is 3.16. The van der Waals surface area contributed by atoms with E-state index in [4.69, 9.17) is 9.47 Å². The zero-order valence-corrected chi connectivity index (χ0v) is 14.8. The number of ether oxygens (including phenoxy) is 2. The molecule has 0 radical (unpaired) electrons. The van der Waals surface area contributed by atoms with Gasteiger partial charge in [0.05, 0.1) is 20.8 Å². The minimum atomic E-state index is -0.342. The van der Waals surface area contributed by atoms with Crippen molar-refractivity contribution in [3.05, 3.63) is 52.5 Å². The van der Waals surface area contributed by atoms with Crippen LogP contribution in [-0.2, 0) is 4.79 Å². The van der Waals surface area contributed by atoms with E-state index in [9.17, 15) is 9.59 Å². The number of carbonyl (C=O) groups excluding carboxylic acids is 2. The molecule has 0 unspecified atom stereocenters. The van der Waals surface area contributed by atoms with Gasteiger partial charge in [-0.1, -0.05) is 22.0 Å². The molecule has 0 aliphatic rings. The Morgan fingerprint density at radius 2 is 1.79 bits per heavy atom. The van der Waals surface area contributed by atoms with Crippen molar-refractivity contribution in [1.82, 2.24) is 5.32 Å². The molecule has 0 saturated heterocycles. The van der Waals surface area contributed by atoms with Crippen LogP contribution in [0.2, 0.25) is 0 Å². The molecule has 24 heavy (non-hydrogen) atoms. The van der Waals surface area contributed by atoms with Gasteiger partial charge in [0.1, 0.15) is 0 Å². The van der Waals surface area contributed by atoms with Gasteiger partial charge in [-0.15, -0.1) is 0 Å². The van der Waals surface area contributed by atoms with Gasteiger partial charge in [0.25, 0.3) is 5.91 Å². The molecule has 0 fully saturated rings. The van der Waals surface area contributed by atoms with Gasteiger partial charge in [-0.3, -0.25) is 9.59 Å². The van der Waals surface area contributed by atoms with Crippen molar-refractivity contribution in [2.75, 3.05) is 26.1 Å². The topological polar surface area (TPSA) is 76.7 Å². The number of amides is 2. The van der Waals surface area contributed by atoms with Crippen LogP contribution in [0.25, 0.3) is 0 Å². The van der Waals surface area contributed by atoms with Crippen molar-refractivity contribution in [2.24, 2.45) is 0 Å². The molecule has 2 rings (SSSR count). The number of methoxy groups -OCH3 is 2. The zero-order chi connectivity index (χ0) is 17.5. The molecule has 0 atom stereocenters. The fourth-order valence-corrected chi connectivity index (χ4v) is 2.41. The Morgan fingerprint density at radius 1 is 1.04 bits per heavy atom. The summed E-state index contributed by atoms with van der Waals surface area (Å²) in [5.74, 6) is 0.413. The van der Waals surface area contributed by atoms with Crippen LogP contribution in [0.1, 0.15) is 10.4 Å². The monoisotopic (exact) mass is 392 g/mol. The molecule has 0 heterocycles. The van der Waals surface area contributed by atoms with Gasteiger partial charge in [-0.2, -0.15) is 0 Å². The lowest BCUT2D eigenvalue weighted by Gasteiger charge is -2.11. The predicted molar refractivity (Wildman–Crippen MR) is 94.7 cm³/mol. The van der Waals surface area contributed by atoms with Crippen LogP contribution in [0.5, 0.6) is 11.5 Å². The molecule has 6 nitrogen and oxygen atoms in total. The fraction of sp³-hybridized carbons (Fsp3) is 0.176. The van der Waals surface area contributed by atoms with Crippen molar-refractivity contribution in [3.63, 3.8) is 0 Å². The Bertz CT molecular complexity index is 749. The summed E-state index contributed by atoms with van der Waals surface area (Å²) in [6.07, 6.45) is 0. The first-order valence-corrected chi connectivity index (χ1v) is 7.88. The maximum absolute atomic E-state index is 12.0. The molecule has 0 aliphatic heterocycles. The van der Waals surface area contributed by atoms with Crippen LogP contribution in [0.15, 0.2) is 46.9 Å². The Hall–Kier alpha value is -2.54. The number of nitrogens with one attached hydrogen (secondary N) is 2. The van der Waals surface area contributed by atoms with Crippen LogP contribution >= 0.6 is 15.9 Å². The van der Waals surface area contributed by atoms with Crippen molar-refractivity contribution in [3.8, 4) is 11.5 Å². The van der Waals surface area contributed by atoms with Gasteiger partial charge in [0.2, 0.25) is 5.91 Å². The molecule has 0 spiro atoms. The molecule has 126 valence electrons. The van der Waals surface area contributed by atoms with Crippen molar-refractivity contribution < 1.29 is 19.1 Å². The molecule has 0 aliphatic carbocycles. The molecule has 0 bridgehead atoms. The number of carbonyl (C=O) groups is 2. The standard InChI is InChI=1S/C17H17BrN2O4/c1-23-14-7-6-13(9-15(14)24-2)20-16(21)10-19-17(22)11-4-3-5-12(18)8-11/h3-9H,10H2,1-2H3,(H,19,22)(H,20,21). The molecule has 0 aromatic heterocycles. The highest BCUT2D eigenvalue weighted by atomic mass is 79.9. The zero-order valence-electron chi connectivity index (χ0n) is 13.3. The molecular weight excluding hydrogens is 376 g/mol. The first kappa shape index (κ1) is 17.8. The van der Waals surface area contributed by atoms with Crippen molar-refractivity contribution >= 4 is 33.4 Å². The summed E-state index contributed by atoms with van der Waals surface area (Å²) in [7, 11) is 3.05. The largest absolute Gasteiger partial charge is 0.493 e. The highest BCUT2D eigenvalue weighted by molar-refractivity contribution is 9.10. The quantitative estimate of drug-likeness (QED) is 0.792. The van der Waals surface area contributed by atoms with E-state index in [1.54, 1.807) is 36.4 Å². The molecule has 2 amide bonds. The summed E-state index contributed by atoms with van der Waals surface area (Å²) >= 11 is 3.30. The van der Waals surface area contributed by atoms with Crippen molar-refractivity contribution in [2.45, 2.75) is 0 Å². The van der Waals surface area contributed by atoms with Gasteiger partial charge in [0.15, 0.2) is 11.5 Å². The average Bonchev–Trinajstić information content (AvgIpc) is 2.59. The van der Waals surface area contributed by atoms with E-state index in [1.165, 1.54) is 14.2 Å². The summed E-state index contributed by atoms with van der Waals surface area (Å²) in [6.45, 7) is -0.139. The third kappa shape index (κ3) is 4.73. The van der Waals surface area contributed by atoms with Crippen molar-refractivity contribution in [1.29, 1.82) is 0 Å². The highest BCUT2D eigenvalue weighted by Crippen LogP contribution is 2.29. The van der Waals surface area contributed by atoms with Crippen LogP contribution < -0.4 is 20.1 Å². The number of halogens is 1. The highest BCUT2D eigenvalue weighted by Gasteiger charge is 2.10. The van der Waals surface area contributed by atoms with Crippen LogP contribution in [0.4, 0.5) is 5.69 Å². The Morgan fingerprint density at radius 3 is 2.46 bits per heavy atom. The van der Waals surface area contributed by atoms with E-state index in [-0.39, 0.29) is 18.4 Å². The summed E-state index contributed by atoms with van der Waals surface area (Å²) in [6, 6.07) is 12.0. The Balaban J connectivity index is 1.92. The smallest absolute Gasteiger partial charge is 0.251 e. The van der Waals surface area contributed by atoms with Gasteiger partial charge in [0, 0.05) is 21.8 Å². The number of rotatable bonds is 6.